The van der Waals surface area contributed by atoms with Crippen LogP contribution >= 0.6 is 0 Å². The number of rotatable bonds is 3. The Bertz CT molecular complexity index is 804. The molecule has 0 saturated carbocycles. The molecule has 1 aromatic heterocycles. The number of carbonyl (C=O) groups excluding carboxylic acids is 1. The lowest BCUT2D eigenvalue weighted by Crippen LogP contribution is -2.23. The van der Waals surface area contributed by atoms with E-state index in [1.54, 1.807) is 0 Å². The molecule has 0 spiro atoms. The number of azo groups is 1. The lowest BCUT2D eigenvalue weighted by Gasteiger charge is -1.99. The fraction of sp³-hybridized carbons (Fsp3) is 0.0833. The summed E-state index contributed by atoms with van der Waals surface area (Å²) in [6, 6.07) is 6.04. The minimum atomic E-state index is -0.744. The number of hydrogen-bond donors (Lipinski definition) is 3. The van der Waals surface area contributed by atoms with Crippen LogP contribution < -0.4 is 17.0 Å². The lowest BCUT2D eigenvalue weighted by molar-refractivity contribution is 0.0601. The average Bonchev–Trinajstić information content (AvgIpc) is 2.46. The summed E-state index contributed by atoms with van der Waals surface area (Å²) in [5, 5.41) is 7.49. The molecule has 0 amide bonds. The van der Waals surface area contributed by atoms with Crippen LogP contribution in [0.15, 0.2) is 44.1 Å². The number of carbonyl (C=O) groups is 1. The fourth-order valence-corrected chi connectivity index (χ4v) is 1.49. The maximum atomic E-state index is 11.5. The van der Waals surface area contributed by atoms with Crippen molar-refractivity contribution < 1.29 is 9.53 Å². The van der Waals surface area contributed by atoms with Gasteiger partial charge in [-0.2, -0.15) is 5.11 Å². The van der Waals surface area contributed by atoms with Crippen molar-refractivity contribution >= 4 is 23.2 Å². The molecular formula is C12H11N5O4. The van der Waals surface area contributed by atoms with Crippen LogP contribution in [0, 0.1) is 0 Å². The molecule has 0 aliphatic rings. The van der Waals surface area contributed by atoms with Gasteiger partial charge in [-0.15, -0.1) is 5.11 Å². The first-order chi connectivity index (χ1) is 10.0. The molecule has 2 rings (SSSR count). The molecule has 0 radical (unpaired) electrons. The molecule has 1 aromatic carbocycles. The number of hydrogen-bond acceptors (Lipinski definition) is 7. The zero-order valence-corrected chi connectivity index (χ0v) is 10.9. The highest BCUT2D eigenvalue weighted by Crippen LogP contribution is 2.18. The molecular weight excluding hydrogens is 278 g/mol. The van der Waals surface area contributed by atoms with Crippen molar-refractivity contribution in [3.8, 4) is 0 Å². The summed E-state index contributed by atoms with van der Waals surface area (Å²) in [5.74, 6) is -0.654. The van der Waals surface area contributed by atoms with Crippen LogP contribution in [0.3, 0.4) is 0 Å². The minimum absolute atomic E-state index is 0.182. The summed E-state index contributed by atoms with van der Waals surface area (Å²) in [4.78, 5) is 37.9. The predicted molar refractivity (Wildman–Crippen MR) is 74.1 cm³/mol. The van der Waals surface area contributed by atoms with Gasteiger partial charge in [0.15, 0.2) is 5.69 Å². The minimum Gasteiger partial charge on any atom is -0.465 e. The molecule has 2 aromatic rings. The van der Waals surface area contributed by atoms with E-state index in [0.717, 1.165) is 0 Å². The van der Waals surface area contributed by atoms with E-state index in [1.165, 1.54) is 31.4 Å². The second kappa shape index (κ2) is 5.82. The Labute approximate surface area is 117 Å². The number of nitrogens with zero attached hydrogens (tertiary/aromatic N) is 2. The molecule has 0 bridgehead atoms. The van der Waals surface area contributed by atoms with E-state index in [0.29, 0.717) is 11.3 Å². The number of methoxy groups -OCH3 is 1. The van der Waals surface area contributed by atoms with Crippen LogP contribution in [0.4, 0.5) is 17.2 Å². The van der Waals surface area contributed by atoms with Crippen molar-refractivity contribution in [3.05, 3.63) is 50.7 Å². The van der Waals surface area contributed by atoms with Gasteiger partial charge in [0.2, 0.25) is 0 Å². The Hall–Kier alpha value is -3.23. The van der Waals surface area contributed by atoms with Crippen molar-refractivity contribution in [1.82, 2.24) is 9.97 Å². The fourth-order valence-electron chi connectivity index (χ4n) is 1.49. The van der Waals surface area contributed by atoms with E-state index in [-0.39, 0.29) is 11.5 Å². The number of benzene rings is 1. The van der Waals surface area contributed by atoms with E-state index in [9.17, 15) is 14.4 Å². The molecule has 0 aliphatic carbocycles. The second-order valence-electron chi connectivity index (χ2n) is 3.91. The Morgan fingerprint density at radius 1 is 1.14 bits per heavy atom. The monoisotopic (exact) mass is 289 g/mol. The molecule has 0 unspecified atom stereocenters. The van der Waals surface area contributed by atoms with Gasteiger partial charge in [0.1, 0.15) is 5.82 Å². The number of anilines is 1. The Balaban J connectivity index is 2.28. The summed E-state index contributed by atoms with van der Waals surface area (Å²) < 4.78 is 4.56. The Morgan fingerprint density at radius 3 is 2.38 bits per heavy atom. The highest BCUT2D eigenvalue weighted by atomic mass is 16.5. The molecule has 1 heterocycles. The zero-order valence-electron chi connectivity index (χ0n) is 10.9. The number of nitrogens with one attached hydrogen (secondary N) is 2. The average molecular weight is 289 g/mol. The lowest BCUT2D eigenvalue weighted by atomic mass is 10.2. The third-order valence-corrected chi connectivity index (χ3v) is 2.50. The largest absolute Gasteiger partial charge is 0.465 e. The SMILES string of the molecule is COC(=O)c1ccc(N=Nc2c(N)[nH]c(=O)[nH]c2=O)cc1. The summed E-state index contributed by atoms with van der Waals surface area (Å²) in [5.41, 5.74) is 4.56. The van der Waals surface area contributed by atoms with E-state index in [2.05, 4.69) is 19.9 Å². The third kappa shape index (κ3) is 3.21. The van der Waals surface area contributed by atoms with Gasteiger partial charge in [-0.05, 0) is 24.3 Å². The van der Waals surface area contributed by atoms with Gasteiger partial charge < -0.3 is 10.5 Å². The van der Waals surface area contributed by atoms with Crippen LogP contribution in [0.5, 0.6) is 0 Å². The molecule has 108 valence electrons. The van der Waals surface area contributed by atoms with E-state index in [1.807, 2.05) is 4.98 Å². The van der Waals surface area contributed by atoms with Gasteiger partial charge in [0.05, 0.1) is 18.4 Å². The summed E-state index contributed by atoms with van der Waals surface area (Å²) in [7, 11) is 1.28. The van der Waals surface area contributed by atoms with Crippen molar-refractivity contribution in [2.75, 3.05) is 12.8 Å². The molecule has 0 aliphatic heterocycles. The van der Waals surface area contributed by atoms with Crippen LogP contribution in [-0.2, 0) is 4.74 Å². The quantitative estimate of drug-likeness (QED) is 0.566. The third-order valence-electron chi connectivity index (χ3n) is 2.50. The van der Waals surface area contributed by atoms with E-state index >= 15 is 0 Å². The molecule has 0 saturated heterocycles. The van der Waals surface area contributed by atoms with Crippen molar-refractivity contribution in [2.24, 2.45) is 10.2 Å². The first-order valence-corrected chi connectivity index (χ1v) is 5.73. The maximum Gasteiger partial charge on any atom is 0.337 e. The van der Waals surface area contributed by atoms with Gasteiger partial charge in [-0.25, -0.2) is 9.59 Å². The van der Waals surface area contributed by atoms with Crippen LogP contribution in [0.2, 0.25) is 0 Å². The number of aromatic nitrogens is 2. The smallest absolute Gasteiger partial charge is 0.337 e. The topological polar surface area (TPSA) is 143 Å². The summed E-state index contributed by atoms with van der Waals surface area (Å²) >= 11 is 0. The Kier molecular flexibility index (Phi) is 3.93. The van der Waals surface area contributed by atoms with Gasteiger partial charge in [-0.1, -0.05) is 0 Å². The van der Waals surface area contributed by atoms with Crippen LogP contribution in [0.25, 0.3) is 0 Å². The Morgan fingerprint density at radius 2 is 1.81 bits per heavy atom. The van der Waals surface area contributed by atoms with Crippen molar-refractivity contribution in [1.29, 1.82) is 0 Å². The molecule has 9 nitrogen and oxygen atoms in total. The van der Waals surface area contributed by atoms with Crippen LogP contribution in [-0.4, -0.2) is 23.0 Å². The normalized spacial score (nSPS) is 10.7. The van der Waals surface area contributed by atoms with Gasteiger partial charge in [-0.3, -0.25) is 14.8 Å². The van der Waals surface area contributed by atoms with Crippen LogP contribution in [0.1, 0.15) is 10.4 Å². The highest BCUT2D eigenvalue weighted by Gasteiger charge is 2.06. The zero-order chi connectivity index (χ0) is 15.4. The first-order valence-electron chi connectivity index (χ1n) is 5.73. The van der Waals surface area contributed by atoms with E-state index < -0.39 is 17.2 Å². The number of ether oxygens (including phenoxy) is 1. The molecule has 21 heavy (non-hydrogen) atoms. The number of aromatic amines is 2. The molecule has 4 N–H and O–H groups in total. The van der Waals surface area contributed by atoms with E-state index in [4.69, 9.17) is 5.73 Å². The second-order valence-corrected chi connectivity index (χ2v) is 3.91. The predicted octanol–water partition coefficient (Wildman–Crippen LogP) is 0.847. The van der Waals surface area contributed by atoms with Crippen molar-refractivity contribution in [3.63, 3.8) is 0 Å². The number of H-pyrrole nitrogens is 2. The summed E-state index contributed by atoms with van der Waals surface area (Å²) in [6.07, 6.45) is 0. The maximum absolute atomic E-state index is 11.5. The molecule has 0 fully saturated rings. The van der Waals surface area contributed by atoms with Gasteiger partial charge in [0, 0.05) is 0 Å². The van der Waals surface area contributed by atoms with Crippen molar-refractivity contribution in [2.45, 2.75) is 0 Å². The number of esters is 1. The number of nitrogen functional groups attached to an aromatic ring is 1. The van der Waals surface area contributed by atoms with Gasteiger partial charge in [0.25, 0.3) is 5.56 Å². The first kappa shape index (κ1) is 14.2. The highest BCUT2D eigenvalue weighted by molar-refractivity contribution is 5.89. The van der Waals surface area contributed by atoms with Gasteiger partial charge >= 0.3 is 11.7 Å². The summed E-state index contributed by atoms with van der Waals surface area (Å²) in [6.45, 7) is 0. The molecule has 0 atom stereocenters. The molecule has 9 heteroatoms. The standard InChI is InChI=1S/C12H11N5O4/c1-21-11(19)6-2-4-7(5-3-6)16-17-8-9(13)14-12(20)15-10(8)18/h2-5H,1H3,(H4,13,14,15,18,20). The number of nitrogens with two attached hydrogens (primary N) is 1.